The number of hydrogen-bond donors (Lipinski definition) is 1. The maximum atomic E-state index is 12.4. The van der Waals surface area contributed by atoms with Crippen molar-refractivity contribution in [2.45, 2.75) is 31.1 Å². The molecule has 0 fully saturated rings. The zero-order valence-corrected chi connectivity index (χ0v) is 14.7. The smallest absolute Gasteiger partial charge is 0.464 e. The van der Waals surface area contributed by atoms with Crippen LogP contribution < -0.4 is 9.50 Å². The molecule has 1 aromatic carbocycles. The van der Waals surface area contributed by atoms with E-state index in [2.05, 4.69) is 8.92 Å². The standard InChI is InChI=1S/C14H13F6NO6S/c1-2-26-11(22)10(21-12(23)13(15,16)17)7-8-4-3-5-9(6-8)27-28(24,25)14(18,19)20/h3-6,10H,2,7H2,1H3,(H,21,23)/t10-/m0/s1. The summed E-state index contributed by atoms with van der Waals surface area (Å²) in [6.45, 7) is 1.14. The minimum atomic E-state index is -5.97. The fourth-order valence-electron chi connectivity index (χ4n) is 1.81. The summed E-state index contributed by atoms with van der Waals surface area (Å²) in [6, 6.07) is 1.99. The van der Waals surface area contributed by atoms with Gasteiger partial charge in [0.25, 0.3) is 0 Å². The molecule has 28 heavy (non-hydrogen) atoms. The summed E-state index contributed by atoms with van der Waals surface area (Å²) in [5.41, 5.74) is -5.80. The first-order valence-corrected chi connectivity index (χ1v) is 8.72. The summed E-state index contributed by atoms with van der Waals surface area (Å²) in [5.74, 6) is -4.45. The van der Waals surface area contributed by atoms with E-state index in [1.165, 1.54) is 18.3 Å². The van der Waals surface area contributed by atoms with Crippen molar-refractivity contribution in [3.8, 4) is 5.75 Å². The van der Waals surface area contributed by atoms with Crippen LogP contribution in [0.15, 0.2) is 24.3 Å². The van der Waals surface area contributed by atoms with Gasteiger partial charge in [-0.15, -0.1) is 0 Å². The molecule has 0 aliphatic heterocycles. The minimum absolute atomic E-state index is 0.101. The highest BCUT2D eigenvalue weighted by atomic mass is 32.2. The van der Waals surface area contributed by atoms with Crippen LogP contribution in [-0.2, 0) is 30.9 Å². The highest BCUT2D eigenvalue weighted by molar-refractivity contribution is 7.88. The second-order valence-electron chi connectivity index (χ2n) is 5.11. The van der Waals surface area contributed by atoms with Crippen LogP contribution >= 0.6 is 0 Å². The molecule has 0 unspecified atom stereocenters. The Kier molecular flexibility index (Phi) is 7.28. The van der Waals surface area contributed by atoms with E-state index >= 15 is 0 Å². The second-order valence-corrected chi connectivity index (χ2v) is 6.65. The molecule has 1 rings (SSSR count). The van der Waals surface area contributed by atoms with Crippen LogP contribution in [0.4, 0.5) is 26.3 Å². The number of alkyl halides is 6. The normalized spacial score (nSPS) is 13.5. The molecule has 0 bridgehead atoms. The van der Waals surface area contributed by atoms with Crippen molar-refractivity contribution < 1.29 is 53.3 Å². The number of amides is 1. The molecule has 0 aliphatic rings. The first-order valence-electron chi connectivity index (χ1n) is 7.31. The third kappa shape index (κ3) is 6.58. The molecule has 1 atom stereocenters. The Morgan fingerprint density at radius 3 is 2.25 bits per heavy atom. The third-order valence-corrected chi connectivity index (χ3v) is 3.94. The van der Waals surface area contributed by atoms with Crippen LogP contribution in [-0.4, -0.2) is 44.6 Å². The van der Waals surface area contributed by atoms with Crippen LogP contribution in [0.25, 0.3) is 0 Å². The van der Waals surface area contributed by atoms with Crippen molar-refractivity contribution in [2.75, 3.05) is 6.61 Å². The Bertz CT molecular complexity index is 820. The fraction of sp³-hybridized carbons (Fsp3) is 0.429. The topological polar surface area (TPSA) is 98.8 Å². The monoisotopic (exact) mass is 437 g/mol. The van der Waals surface area contributed by atoms with Gasteiger partial charge in [-0.1, -0.05) is 12.1 Å². The molecule has 0 heterocycles. The molecule has 1 amide bonds. The zero-order chi connectivity index (χ0) is 21.8. The lowest BCUT2D eigenvalue weighted by atomic mass is 10.1. The zero-order valence-electron chi connectivity index (χ0n) is 13.9. The van der Waals surface area contributed by atoms with Crippen LogP contribution in [0.3, 0.4) is 0 Å². The Labute approximate surface area is 154 Å². The average molecular weight is 437 g/mol. The number of carbonyl (C=O) groups excluding carboxylic acids is 2. The molecule has 0 aromatic heterocycles. The molecule has 1 aromatic rings. The molecular formula is C14H13F6NO6S. The van der Waals surface area contributed by atoms with Crippen molar-refractivity contribution in [3.05, 3.63) is 29.8 Å². The van der Waals surface area contributed by atoms with E-state index in [0.29, 0.717) is 0 Å². The highest BCUT2D eigenvalue weighted by Gasteiger charge is 2.48. The molecule has 0 saturated heterocycles. The highest BCUT2D eigenvalue weighted by Crippen LogP contribution is 2.27. The van der Waals surface area contributed by atoms with Crippen molar-refractivity contribution in [3.63, 3.8) is 0 Å². The summed E-state index contributed by atoms with van der Waals surface area (Å²) < 4.78 is 105. The SMILES string of the molecule is CCOC(=O)[C@H](Cc1cccc(OS(=O)(=O)C(F)(F)F)c1)NC(=O)C(F)(F)F. The van der Waals surface area contributed by atoms with E-state index in [4.69, 9.17) is 0 Å². The van der Waals surface area contributed by atoms with Gasteiger partial charge in [-0.05, 0) is 24.6 Å². The fourth-order valence-corrected chi connectivity index (χ4v) is 2.26. The van der Waals surface area contributed by atoms with E-state index in [1.807, 2.05) is 0 Å². The Morgan fingerprint density at radius 2 is 1.75 bits per heavy atom. The molecule has 14 heteroatoms. The molecule has 0 saturated carbocycles. The van der Waals surface area contributed by atoms with E-state index in [9.17, 15) is 44.3 Å². The van der Waals surface area contributed by atoms with Gasteiger partial charge in [-0.3, -0.25) is 4.79 Å². The van der Waals surface area contributed by atoms with Gasteiger partial charge in [-0.25, -0.2) is 4.79 Å². The van der Waals surface area contributed by atoms with Gasteiger partial charge in [0.15, 0.2) is 0 Å². The minimum Gasteiger partial charge on any atom is -0.464 e. The third-order valence-electron chi connectivity index (χ3n) is 2.96. The maximum absolute atomic E-state index is 12.4. The van der Waals surface area contributed by atoms with Crippen LogP contribution in [0.2, 0.25) is 0 Å². The van der Waals surface area contributed by atoms with Gasteiger partial charge in [0.2, 0.25) is 0 Å². The number of benzene rings is 1. The average Bonchev–Trinajstić information content (AvgIpc) is 2.52. The number of ether oxygens (including phenoxy) is 1. The number of esters is 1. The van der Waals surface area contributed by atoms with E-state index in [1.54, 1.807) is 0 Å². The predicted octanol–water partition coefficient (Wildman–Crippen LogP) is 2.07. The molecular weight excluding hydrogens is 424 g/mol. The number of rotatable bonds is 7. The van der Waals surface area contributed by atoms with Crippen molar-refractivity contribution in [2.24, 2.45) is 0 Å². The van der Waals surface area contributed by atoms with Crippen LogP contribution in [0.5, 0.6) is 5.75 Å². The van der Waals surface area contributed by atoms with E-state index in [0.717, 1.165) is 18.2 Å². The van der Waals surface area contributed by atoms with Crippen LogP contribution in [0, 0.1) is 0 Å². The van der Waals surface area contributed by atoms with Gasteiger partial charge in [-0.2, -0.15) is 34.8 Å². The number of halogens is 6. The lowest BCUT2D eigenvalue weighted by Gasteiger charge is -2.18. The number of carbonyl (C=O) groups is 2. The first kappa shape index (κ1) is 23.5. The summed E-state index contributed by atoms with van der Waals surface area (Å²) >= 11 is 0. The van der Waals surface area contributed by atoms with Gasteiger partial charge < -0.3 is 14.2 Å². The largest absolute Gasteiger partial charge is 0.534 e. The Morgan fingerprint density at radius 1 is 1.14 bits per heavy atom. The number of nitrogens with one attached hydrogen (secondary N) is 1. The lowest BCUT2D eigenvalue weighted by molar-refractivity contribution is -0.175. The van der Waals surface area contributed by atoms with Gasteiger partial charge in [0.1, 0.15) is 11.8 Å². The molecule has 0 spiro atoms. The van der Waals surface area contributed by atoms with Crippen molar-refractivity contribution in [1.82, 2.24) is 5.32 Å². The Hall–Kier alpha value is -2.51. The Balaban J connectivity index is 3.06. The van der Waals surface area contributed by atoms with Crippen LogP contribution in [0.1, 0.15) is 12.5 Å². The predicted molar refractivity (Wildman–Crippen MR) is 80.4 cm³/mol. The summed E-state index contributed by atoms with van der Waals surface area (Å²) in [7, 11) is -5.97. The number of hydrogen-bond acceptors (Lipinski definition) is 6. The maximum Gasteiger partial charge on any atom is 0.534 e. The van der Waals surface area contributed by atoms with Crippen molar-refractivity contribution in [1.29, 1.82) is 0 Å². The molecule has 1 N–H and O–H groups in total. The van der Waals surface area contributed by atoms with Crippen molar-refractivity contribution >= 4 is 22.0 Å². The molecule has 0 radical (unpaired) electrons. The molecule has 7 nitrogen and oxygen atoms in total. The van der Waals surface area contributed by atoms with Gasteiger partial charge in [0.05, 0.1) is 6.61 Å². The summed E-state index contributed by atoms with van der Waals surface area (Å²) in [4.78, 5) is 22.8. The van der Waals surface area contributed by atoms with E-state index in [-0.39, 0.29) is 12.2 Å². The van der Waals surface area contributed by atoms with E-state index < -0.39 is 51.9 Å². The van der Waals surface area contributed by atoms with Gasteiger partial charge in [0, 0.05) is 6.42 Å². The summed E-state index contributed by atoms with van der Waals surface area (Å²) in [6.07, 6.45) is -5.93. The molecule has 0 aliphatic carbocycles. The second kappa shape index (κ2) is 8.67. The van der Waals surface area contributed by atoms with Gasteiger partial charge >= 0.3 is 33.7 Å². The molecule has 158 valence electrons. The quantitative estimate of drug-likeness (QED) is 0.304. The lowest BCUT2D eigenvalue weighted by Crippen LogP contribution is -2.48. The first-order chi connectivity index (χ1) is 12.7. The summed E-state index contributed by atoms with van der Waals surface area (Å²) in [5, 5.41) is 1.40.